The van der Waals surface area contributed by atoms with Crippen LogP contribution in [0.15, 0.2) is 42.5 Å². The Labute approximate surface area is 200 Å². The van der Waals surface area contributed by atoms with Gasteiger partial charge in [0, 0.05) is 38.4 Å². The van der Waals surface area contributed by atoms with Crippen molar-refractivity contribution in [2.45, 2.75) is 19.1 Å². The number of amides is 2. The van der Waals surface area contributed by atoms with Crippen LogP contribution in [0.3, 0.4) is 0 Å². The predicted octanol–water partition coefficient (Wildman–Crippen LogP) is 1.94. The molecule has 2 fully saturated rings. The maximum absolute atomic E-state index is 15.1. The van der Waals surface area contributed by atoms with Crippen molar-refractivity contribution in [3.05, 3.63) is 53.8 Å². The zero-order valence-electron chi connectivity index (χ0n) is 18.9. The molecule has 188 valence electrons. The van der Waals surface area contributed by atoms with Crippen LogP contribution in [-0.4, -0.2) is 68.8 Å². The molecule has 2 saturated heterocycles. The van der Waals surface area contributed by atoms with Crippen molar-refractivity contribution in [2.75, 3.05) is 54.8 Å². The van der Waals surface area contributed by atoms with E-state index in [4.69, 9.17) is 10.5 Å². The number of ether oxygens (including phenoxy) is 1. The van der Waals surface area contributed by atoms with Gasteiger partial charge in [-0.2, -0.15) is 8.78 Å². The van der Waals surface area contributed by atoms with E-state index in [9.17, 15) is 18.4 Å². The molecule has 2 amide bonds. The van der Waals surface area contributed by atoms with Gasteiger partial charge in [-0.25, -0.2) is 14.2 Å². The fraction of sp³-hybridized carbons (Fsp3) is 0.391. The highest BCUT2D eigenvalue weighted by Crippen LogP contribution is 2.28. The number of anilines is 3. The molecule has 2 heterocycles. The van der Waals surface area contributed by atoms with E-state index >= 15 is 4.39 Å². The summed E-state index contributed by atoms with van der Waals surface area (Å²) in [5.74, 6) is -1.93. The fourth-order valence-electron chi connectivity index (χ4n) is 4.11. The number of carbonyl (C=O) groups excluding carboxylic acids is 2. The number of hydrogen-bond acceptors (Lipinski definition) is 7. The number of cyclic esters (lactones) is 1. The first kappa shape index (κ1) is 24.6. The van der Waals surface area contributed by atoms with Gasteiger partial charge in [-0.1, -0.05) is 12.1 Å². The van der Waals surface area contributed by atoms with E-state index in [0.29, 0.717) is 44.1 Å². The lowest BCUT2D eigenvalue weighted by atomic mass is 10.2. The third kappa shape index (κ3) is 6.14. The van der Waals surface area contributed by atoms with Gasteiger partial charge in [0.2, 0.25) is 0 Å². The molecular weight excluding hydrogens is 465 g/mol. The molecule has 9 nitrogen and oxygen atoms in total. The smallest absolute Gasteiger partial charge is 0.414 e. The standard InChI is InChI=1S/C23H27F3N6O3/c24-19-11-17(32-14-18(35-23(32)34)12-28-22(33)21(25)26)4-5-20(19)30-7-6-29-31(9-8-30)13-15-2-1-3-16(27)10-15/h1-5,10-11,18,21,29H,6-9,12-14,27H2,(H,28,33). The number of carbonyl (C=O) groups is 2. The molecule has 12 heteroatoms. The Morgan fingerprint density at radius 1 is 1.20 bits per heavy atom. The van der Waals surface area contributed by atoms with Crippen LogP contribution in [0.1, 0.15) is 5.56 Å². The first-order valence-electron chi connectivity index (χ1n) is 11.2. The molecule has 2 aromatic rings. The zero-order valence-corrected chi connectivity index (χ0v) is 18.9. The van der Waals surface area contributed by atoms with Crippen molar-refractivity contribution in [1.82, 2.24) is 15.8 Å². The van der Waals surface area contributed by atoms with Gasteiger partial charge in [-0.05, 0) is 35.9 Å². The number of nitrogens with one attached hydrogen (secondary N) is 2. The number of benzene rings is 2. The van der Waals surface area contributed by atoms with Crippen LogP contribution in [0.25, 0.3) is 0 Å². The zero-order chi connectivity index (χ0) is 24.9. The average molecular weight is 493 g/mol. The van der Waals surface area contributed by atoms with E-state index in [0.717, 1.165) is 5.56 Å². The van der Waals surface area contributed by atoms with Crippen molar-refractivity contribution < 1.29 is 27.5 Å². The largest absolute Gasteiger partial charge is 0.442 e. The number of nitrogens with two attached hydrogens (primary N) is 1. The van der Waals surface area contributed by atoms with Crippen molar-refractivity contribution >= 4 is 29.1 Å². The highest BCUT2D eigenvalue weighted by atomic mass is 19.3. The van der Waals surface area contributed by atoms with Gasteiger partial charge in [-0.3, -0.25) is 15.1 Å². The highest BCUT2D eigenvalue weighted by molar-refractivity contribution is 5.90. The number of nitrogens with zero attached hydrogens (tertiary/aromatic N) is 3. The van der Waals surface area contributed by atoms with Crippen LogP contribution in [0, 0.1) is 5.82 Å². The van der Waals surface area contributed by atoms with Gasteiger partial charge in [-0.15, -0.1) is 0 Å². The lowest BCUT2D eigenvalue weighted by Gasteiger charge is -2.24. The van der Waals surface area contributed by atoms with Gasteiger partial charge in [0.15, 0.2) is 0 Å². The van der Waals surface area contributed by atoms with Gasteiger partial charge in [0.25, 0.3) is 5.91 Å². The summed E-state index contributed by atoms with van der Waals surface area (Å²) in [5.41, 5.74) is 11.7. The van der Waals surface area contributed by atoms with Crippen LogP contribution in [0.5, 0.6) is 0 Å². The maximum atomic E-state index is 15.1. The monoisotopic (exact) mass is 492 g/mol. The van der Waals surface area contributed by atoms with Crippen LogP contribution in [-0.2, 0) is 16.1 Å². The van der Waals surface area contributed by atoms with Crippen LogP contribution in [0.4, 0.5) is 35.0 Å². The van der Waals surface area contributed by atoms with Gasteiger partial charge < -0.3 is 20.7 Å². The van der Waals surface area contributed by atoms with Crippen molar-refractivity contribution in [3.63, 3.8) is 0 Å². The summed E-state index contributed by atoms with van der Waals surface area (Å²) >= 11 is 0. The van der Waals surface area contributed by atoms with Gasteiger partial charge in [0.1, 0.15) is 11.9 Å². The minimum atomic E-state index is -3.15. The number of hydrogen-bond donors (Lipinski definition) is 3. The Morgan fingerprint density at radius 2 is 2.03 bits per heavy atom. The Morgan fingerprint density at radius 3 is 2.77 bits per heavy atom. The van der Waals surface area contributed by atoms with Crippen molar-refractivity contribution in [3.8, 4) is 0 Å². The molecule has 0 saturated carbocycles. The number of nitrogen functional groups attached to an aromatic ring is 1. The third-order valence-electron chi connectivity index (χ3n) is 5.84. The van der Waals surface area contributed by atoms with E-state index in [1.54, 1.807) is 12.1 Å². The van der Waals surface area contributed by atoms with E-state index in [1.165, 1.54) is 11.0 Å². The summed E-state index contributed by atoms with van der Waals surface area (Å²) in [6, 6.07) is 12.1. The molecular formula is C23H27F3N6O3. The second-order valence-electron chi connectivity index (χ2n) is 8.36. The second kappa shape index (κ2) is 10.8. The van der Waals surface area contributed by atoms with E-state index in [1.807, 2.05) is 34.5 Å². The van der Waals surface area contributed by atoms with E-state index < -0.39 is 30.3 Å². The summed E-state index contributed by atoms with van der Waals surface area (Å²) in [6.45, 7) is 2.86. The number of halogens is 3. The Hall–Kier alpha value is -3.51. The minimum absolute atomic E-state index is 0.00767. The quantitative estimate of drug-likeness (QED) is 0.508. The summed E-state index contributed by atoms with van der Waals surface area (Å²) < 4.78 is 44.8. The molecule has 0 aliphatic carbocycles. The van der Waals surface area contributed by atoms with Gasteiger partial charge >= 0.3 is 12.5 Å². The van der Waals surface area contributed by atoms with Crippen molar-refractivity contribution in [1.29, 1.82) is 0 Å². The molecule has 2 aliphatic rings. The Balaban J connectivity index is 1.35. The first-order chi connectivity index (χ1) is 16.8. The Bertz CT molecular complexity index is 1070. The molecule has 0 radical (unpaired) electrons. The summed E-state index contributed by atoms with van der Waals surface area (Å²) in [7, 11) is 0. The lowest BCUT2D eigenvalue weighted by Crippen LogP contribution is -2.38. The summed E-state index contributed by atoms with van der Waals surface area (Å²) in [5, 5.41) is 4.08. The van der Waals surface area contributed by atoms with E-state index in [-0.39, 0.29) is 18.8 Å². The molecule has 35 heavy (non-hydrogen) atoms. The molecule has 4 N–H and O–H groups in total. The summed E-state index contributed by atoms with van der Waals surface area (Å²) in [4.78, 5) is 26.4. The minimum Gasteiger partial charge on any atom is -0.442 e. The maximum Gasteiger partial charge on any atom is 0.414 e. The van der Waals surface area contributed by atoms with Crippen LogP contribution >= 0.6 is 0 Å². The summed E-state index contributed by atoms with van der Waals surface area (Å²) in [6.07, 6.45) is -4.69. The van der Waals surface area contributed by atoms with Crippen LogP contribution < -0.4 is 26.3 Å². The lowest BCUT2D eigenvalue weighted by molar-refractivity contribution is -0.132. The Kier molecular flexibility index (Phi) is 7.61. The molecule has 2 aliphatic heterocycles. The molecule has 0 bridgehead atoms. The normalized spacial score (nSPS) is 19.1. The van der Waals surface area contributed by atoms with Gasteiger partial charge in [0.05, 0.1) is 24.5 Å². The molecule has 0 aromatic heterocycles. The number of rotatable bonds is 7. The molecule has 4 rings (SSSR count). The SMILES string of the molecule is Nc1cccc(CN2CCN(c3ccc(N4CC(CNC(=O)C(F)F)OC4=O)cc3F)CCN2)c1. The van der Waals surface area contributed by atoms with E-state index in [2.05, 4.69) is 10.4 Å². The number of hydrazine groups is 1. The topological polar surface area (TPSA) is 103 Å². The molecule has 0 spiro atoms. The number of alkyl halides is 2. The van der Waals surface area contributed by atoms with Crippen LogP contribution in [0.2, 0.25) is 0 Å². The third-order valence-corrected chi connectivity index (χ3v) is 5.84. The second-order valence-corrected chi connectivity index (χ2v) is 8.36. The first-order valence-corrected chi connectivity index (χ1v) is 11.2. The van der Waals surface area contributed by atoms with Crippen molar-refractivity contribution in [2.24, 2.45) is 0 Å². The molecule has 1 unspecified atom stereocenters. The highest BCUT2D eigenvalue weighted by Gasteiger charge is 2.33. The predicted molar refractivity (Wildman–Crippen MR) is 125 cm³/mol. The molecule has 1 atom stereocenters. The molecule has 2 aromatic carbocycles. The average Bonchev–Trinajstić information content (AvgIpc) is 3.04. The fourth-order valence-corrected chi connectivity index (χ4v) is 4.11.